The number of hydrogen-bond acceptors (Lipinski definition) is 5. The molecule has 1 N–H and O–H groups in total. The number of carbonyl (C=O) groups is 2. The molecule has 6 nitrogen and oxygen atoms in total. The third-order valence-electron chi connectivity index (χ3n) is 4.69. The van der Waals surface area contributed by atoms with E-state index in [0.717, 1.165) is 11.4 Å². The Morgan fingerprint density at radius 2 is 2.08 bits per heavy atom. The molecular weight excluding hydrogens is 335 g/mol. The van der Waals surface area contributed by atoms with E-state index in [1.165, 1.54) is 6.07 Å². The molecular formula is C19H17FN4O2. The maximum Gasteiger partial charge on any atom is 0.258 e. The minimum Gasteiger partial charge on any atom is -0.348 e. The number of aromatic nitrogens is 1. The van der Waals surface area contributed by atoms with Gasteiger partial charge in [0.15, 0.2) is 5.78 Å². The number of nitrogens with one attached hydrogen (secondary N) is 1. The molecule has 0 atom stereocenters. The molecule has 7 heteroatoms. The highest BCUT2D eigenvalue weighted by Crippen LogP contribution is 2.42. The first-order chi connectivity index (χ1) is 12.6. The number of rotatable bonds is 3. The number of anilines is 2. The first kappa shape index (κ1) is 16.3. The fourth-order valence-electron chi connectivity index (χ4n) is 3.40. The zero-order chi connectivity index (χ0) is 18.3. The summed E-state index contributed by atoms with van der Waals surface area (Å²) < 4.78 is 13.8. The SMILES string of the molecule is CN1C2=C(C(=O)NCc3ccccc3F)C(=O)CCN2c2ccncc21. The Hall–Kier alpha value is -3.22. The fourth-order valence-corrected chi connectivity index (χ4v) is 3.40. The topological polar surface area (TPSA) is 65.5 Å². The van der Waals surface area contributed by atoms with Crippen LogP contribution in [-0.2, 0) is 16.1 Å². The van der Waals surface area contributed by atoms with Crippen LogP contribution in [0, 0.1) is 5.82 Å². The molecule has 1 aromatic carbocycles. The van der Waals surface area contributed by atoms with E-state index in [4.69, 9.17) is 0 Å². The van der Waals surface area contributed by atoms with Crippen molar-refractivity contribution in [1.29, 1.82) is 0 Å². The van der Waals surface area contributed by atoms with Gasteiger partial charge >= 0.3 is 0 Å². The number of pyridine rings is 1. The van der Waals surface area contributed by atoms with Crippen LogP contribution in [0.5, 0.6) is 0 Å². The Balaban J connectivity index is 1.66. The maximum absolute atomic E-state index is 13.8. The Labute approximate surface area is 149 Å². The number of nitrogens with zero attached hydrogens (tertiary/aromatic N) is 3. The molecule has 132 valence electrons. The van der Waals surface area contributed by atoms with Gasteiger partial charge in [0.05, 0.1) is 17.6 Å². The zero-order valence-electron chi connectivity index (χ0n) is 14.2. The molecule has 2 aromatic rings. The molecule has 26 heavy (non-hydrogen) atoms. The van der Waals surface area contributed by atoms with E-state index in [0.29, 0.717) is 17.9 Å². The van der Waals surface area contributed by atoms with Gasteiger partial charge in [-0.15, -0.1) is 0 Å². The van der Waals surface area contributed by atoms with Crippen LogP contribution in [0.1, 0.15) is 12.0 Å². The van der Waals surface area contributed by atoms with Gasteiger partial charge in [-0.3, -0.25) is 14.6 Å². The Bertz CT molecular complexity index is 941. The van der Waals surface area contributed by atoms with Crippen molar-refractivity contribution in [2.45, 2.75) is 13.0 Å². The lowest BCUT2D eigenvalue weighted by molar-refractivity contribution is -0.123. The second kappa shape index (κ2) is 6.25. The van der Waals surface area contributed by atoms with Crippen LogP contribution in [0.4, 0.5) is 15.8 Å². The van der Waals surface area contributed by atoms with Gasteiger partial charge in [0.25, 0.3) is 5.91 Å². The molecule has 0 saturated heterocycles. The van der Waals surface area contributed by atoms with Crippen LogP contribution >= 0.6 is 0 Å². The third kappa shape index (κ3) is 2.52. The lowest BCUT2D eigenvalue weighted by atomic mass is 10.0. The number of benzene rings is 1. The fraction of sp³-hybridized carbons (Fsp3) is 0.211. The van der Waals surface area contributed by atoms with Crippen molar-refractivity contribution in [1.82, 2.24) is 10.3 Å². The summed E-state index contributed by atoms with van der Waals surface area (Å²) in [6.07, 6.45) is 3.64. The normalized spacial score (nSPS) is 15.8. The number of hydrogen-bond donors (Lipinski definition) is 1. The van der Waals surface area contributed by atoms with Crippen molar-refractivity contribution in [3.63, 3.8) is 0 Å². The number of carbonyl (C=O) groups excluding carboxylic acids is 2. The summed E-state index contributed by atoms with van der Waals surface area (Å²) in [6.45, 7) is 0.535. The molecule has 0 bridgehead atoms. The van der Waals surface area contributed by atoms with Crippen molar-refractivity contribution >= 4 is 23.1 Å². The molecule has 0 radical (unpaired) electrons. The third-order valence-corrected chi connectivity index (χ3v) is 4.69. The summed E-state index contributed by atoms with van der Waals surface area (Å²) in [5.41, 5.74) is 2.24. The second-order valence-electron chi connectivity index (χ2n) is 6.22. The molecule has 0 unspecified atom stereocenters. The van der Waals surface area contributed by atoms with Crippen molar-refractivity contribution in [2.24, 2.45) is 0 Å². The van der Waals surface area contributed by atoms with Gasteiger partial charge in [-0.1, -0.05) is 18.2 Å². The van der Waals surface area contributed by atoms with Crippen LogP contribution < -0.4 is 15.1 Å². The summed E-state index contributed by atoms with van der Waals surface area (Å²) in [6, 6.07) is 8.10. The van der Waals surface area contributed by atoms with E-state index in [2.05, 4.69) is 10.3 Å². The molecule has 0 fully saturated rings. The lowest BCUT2D eigenvalue weighted by Gasteiger charge is -2.29. The molecule has 2 aliphatic rings. The van der Waals surface area contributed by atoms with E-state index in [9.17, 15) is 14.0 Å². The highest BCUT2D eigenvalue weighted by Gasteiger charge is 2.39. The Morgan fingerprint density at radius 3 is 2.88 bits per heavy atom. The van der Waals surface area contributed by atoms with Crippen molar-refractivity contribution in [3.05, 3.63) is 65.5 Å². The van der Waals surface area contributed by atoms with Gasteiger partial charge < -0.3 is 15.1 Å². The van der Waals surface area contributed by atoms with Crippen LogP contribution in [0.25, 0.3) is 0 Å². The van der Waals surface area contributed by atoms with Gasteiger partial charge in [-0.2, -0.15) is 0 Å². The summed E-state index contributed by atoms with van der Waals surface area (Å²) in [5, 5.41) is 2.67. The lowest BCUT2D eigenvalue weighted by Crippen LogP contribution is -2.41. The van der Waals surface area contributed by atoms with Crippen molar-refractivity contribution in [3.8, 4) is 0 Å². The average molecular weight is 352 g/mol. The van der Waals surface area contributed by atoms with E-state index < -0.39 is 11.7 Å². The molecule has 0 saturated carbocycles. The predicted molar refractivity (Wildman–Crippen MR) is 94.9 cm³/mol. The molecule has 3 heterocycles. The summed E-state index contributed by atoms with van der Waals surface area (Å²) in [7, 11) is 1.80. The van der Waals surface area contributed by atoms with Crippen LogP contribution in [0.3, 0.4) is 0 Å². The minimum absolute atomic E-state index is 0.0216. The van der Waals surface area contributed by atoms with Gasteiger partial charge in [0.1, 0.15) is 17.2 Å². The average Bonchev–Trinajstić information content (AvgIpc) is 2.94. The molecule has 0 aliphatic carbocycles. The predicted octanol–water partition coefficient (Wildman–Crippen LogP) is 1.98. The number of ketones is 1. The van der Waals surface area contributed by atoms with E-state index in [1.54, 1.807) is 42.5 Å². The first-order valence-corrected chi connectivity index (χ1v) is 8.32. The highest BCUT2D eigenvalue weighted by atomic mass is 19.1. The molecule has 1 amide bonds. The number of halogens is 1. The van der Waals surface area contributed by atoms with Crippen LogP contribution in [-0.4, -0.2) is 30.3 Å². The first-order valence-electron chi connectivity index (χ1n) is 8.32. The standard InChI is InChI=1S/C19H17FN4O2/c1-23-15-11-21-8-6-14(15)24-9-7-16(25)17(19(23)24)18(26)22-10-12-4-2-3-5-13(12)20/h2-6,8,11H,7,9-10H2,1H3,(H,22,26). The summed E-state index contributed by atoms with van der Waals surface area (Å²) >= 11 is 0. The largest absolute Gasteiger partial charge is 0.348 e. The van der Waals surface area contributed by atoms with Crippen molar-refractivity contribution < 1.29 is 14.0 Å². The molecule has 2 aliphatic heterocycles. The molecule has 4 rings (SSSR count). The Kier molecular flexibility index (Phi) is 3.91. The number of amides is 1. The number of Topliss-reactive ketones (excluding diaryl/α,β-unsaturated/α-hetero) is 1. The summed E-state index contributed by atoms with van der Waals surface area (Å²) in [4.78, 5) is 33.1. The van der Waals surface area contributed by atoms with Gasteiger partial charge in [0.2, 0.25) is 0 Å². The molecule has 1 aromatic heterocycles. The highest BCUT2D eigenvalue weighted by molar-refractivity contribution is 6.22. The monoisotopic (exact) mass is 352 g/mol. The van der Waals surface area contributed by atoms with E-state index in [1.807, 2.05) is 11.0 Å². The zero-order valence-corrected chi connectivity index (χ0v) is 14.2. The molecule has 0 spiro atoms. The smallest absolute Gasteiger partial charge is 0.258 e. The van der Waals surface area contributed by atoms with Crippen LogP contribution in [0.15, 0.2) is 54.1 Å². The summed E-state index contributed by atoms with van der Waals surface area (Å²) in [5.74, 6) is -0.547. The second-order valence-corrected chi connectivity index (χ2v) is 6.22. The number of fused-ring (bicyclic) bond motifs is 3. The minimum atomic E-state index is -0.495. The van der Waals surface area contributed by atoms with E-state index in [-0.39, 0.29) is 24.3 Å². The quantitative estimate of drug-likeness (QED) is 0.856. The van der Waals surface area contributed by atoms with Gasteiger partial charge in [0, 0.05) is 38.3 Å². The maximum atomic E-state index is 13.8. The van der Waals surface area contributed by atoms with Crippen molar-refractivity contribution in [2.75, 3.05) is 23.4 Å². The van der Waals surface area contributed by atoms with Gasteiger partial charge in [-0.05, 0) is 12.1 Å². The van der Waals surface area contributed by atoms with E-state index >= 15 is 0 Å². The van der Waals surface area contributed by atoms with Crippen LogP contribution in [0.2, 0.25) is 0 Å². The Morgan fingerprint density at radius 1 is 1.27 bits per heavy atom. The van der Waals surface area contributed by atoms with Gasteiger partial charge in [-0.25, -0.2) is 4.39 Å².